The molecule has 0 aliphatic carbocycles. The Hall–Kier alpha value is -1.76. The molecule has 100 valence electrons. The molecule has 1 amide bonds. The zero-order valence-electron chi connectivity index (χ0n) is 10.4. The lowest BCUT2D eigenvalue weighted by molar-refractivity contribution is 0.158. The molecule has 0 bridgehead atoms. The maximum atomic E-state index is 11.9. The number of amides is 1. The van der Waals surface area contributed by atoms with Gasteiger partial charge >= 0.3 is 6.09 Å². The molecule has 1 N–H and O–H groups in total. The van der Waals surface area contributed by atoms with E-state index >= 15 is 0 Å². The van der Waals surface area contributed by atoms with Crippen LogP contribution < -0.4 is 9.46 Å². The maximum absolute atomic E-state index is 11.9. The molecule has 0 spiro atoms. The van der Waals surface area contributed by atoms with Crippen molar-refractivity contribution in [3.05, 3.63) is 23.8 Å². The van der Waals surface area contributed by atoms with Crippen molar-refractivity contribution in [2.24, 2.45) is 0 Å². The Kier molecular flexibility index (Phi) is 4.55. The van der Waals surface area contributed by atoms with Crippen LogP contribution >= 0.6 is 0 Å². The molecule has 0 heterocycles. The molecule has 7 heteroatoms. The van der Waals surface area contributed by atoms with Gasteiger partial charge in [0.15, 0.2) is 0 Å². The van der Waals surface area contributed by atoms with Crippen LogP contribution in [0.1, 0.15) is 12.5 Å². The Morgan fingerprint density at radius 3 is 2.56 bits per heavy atom. The van der Waals surface area contributed by atoms with Gasteiger partial charge in [0, 0.05) is 0 Å². The van der Waals surface area contributed by atoms with E-state index in [1.165, 1.54) is 19.2 Å². The summed E-state index contributed by atoms with van der Waals surface area (Å²) >= 11 is 0. The lowest BCUT2D eigenvalue weighted by Gasteiger charge is -2.10. The maximum Gasteiger partial charge on any atom is 0.421 e. The van der Waals surface area contributed by atoms with Gasteiger partial charge in [-0.15, -0.1) is 0 Å². The third-order valence-electron chi connectivity index (χ3n) is 2.16. The normalized spacial score (nSPS) is 10.8. The first-order valence-corrected chi connectivity index (χ1v) is 6.73. The summed E-state index contributed by atoms with van der Waals surface area (Å²) in [6, 6.07) is 4.45. The van der Waals surface area contributed by atoms with Gasteiger partial charge in [0.25, 0.3) is 10.0 Å². The molecule has 0 unspecified atom stereocenters. The van der Waals surface area contributed by atoms with Gasteiger partial charge in [-0.25, -0.2) is 17.9 Å². The van der Waals surface area contributed by atoms with Crippen molar-refractivity contribution < 1.29 is 22.7 Å². The monoisotopic (exact) mass is 273 g/mol. The Labute approximate surface area is 106 Å². The van der Waals surface area contributed by atoms with Crippen molar-refractivity contribution in [1.82, 2.24) is 4.72 Å². The van der Waals surface area contributed by atoms with Crippen LogP contribution in [0.5, 0.6) is 5.75 Å². The Morgan fingerprint density at radius 1 is 1.39 bits per heavy atom. The molecule has 0 saturated heterocycles. The topological polar surface area (TPSA) is 81.7 Å². The van der Waals surface area contributed by atoms with Gasteiger partial charge in [-0.3, -0.25) is 0 Å². The fourth-order valence-corrected chi connectivity index (χ4v) is 2.49. The molecule has 1 aromatic rings. The third-order valence-corrected chi connectivity index (χ3v) is 3.64. The number of rotatable bonds is 4. The number of carbonyl (C=O) groups is 1. The molecule has 0 aliphatic rings. The van der Waals surface area contributed by atoms with Crippen molar-refractivity contribution in [2.75, 3.05) is 13.7 Å². The fourth-order valence-electron chi connectivity index (χ4n) is 1.38. The highest BCUT2D eigenvalue weighted by atomic mass is 32.2. The van der Waals surface area contributed by atoms with Gasteiger partial charge in [-0.05, 0) is 37.6 Å². The predicted molar refractivity (Wildman–Crippen MR) is 65.1 cm³/mol. The van der Waals surface area contributed by atoms with E-state index in [0.717, 1.165) is 0 Å². The van der Waals surface area contributed by atoms with Crippen LogP contribution in [0.4, 0.5) is 4.79 Å². The van der Waals surface area contributed by atoms with Crippen LogP contribution in [0.25, 0.3) is 0 Å². The zero-order chi connectivity index (χ0) is 13.8. The number of nitrogens with one attached hydrogen (secondary N) is 1. The van der Waals surface area contributed by atoms with E-state index in [2.05, 4.69) is 4.74 Å². The first-order chi connectivity index (χ1) is 8.40. The van der Waals surface area contributed by atoms with E-state index < -0.39 is 16.1 Å². The lowest BCUT2D eigenvalue weighted by atomic mass is 10.2. The SMILES string of the molecule is CCOC(=O)NS(=O)(=O)c1ccc(OC)cc1C. The minimum atomic E-state index is -3.92. The summed E-state index contributed by atoms with van der Waals surface area (Å²) in [5.74, 6) is 0.544. The molecular formula is C11H15NO5S. The van der Waals surface area contributed by atoms with Gasteiger partial charge in [0.2, 0.25) is 0 Å². The van der Waals surface area contributed by atoms with Gasteiger partial charge in [-0.1, -0.05) is 0 Å². The van der Waals surface area contributed by atoms with E-state index in [4.69, 9.17) is 4.74 Å². The Balaban J connectivity index is 3.02. The number of hydrogen-bond acceptors (Lipinski definition) is 5. The number of benzene rings is 1. The third kappa shape index (κ3) is 3.36. The van der Waals surface area contributed by atoms with Crippen LogP contribution in [0.3, 0.4) is 0 Å². The van der Waals surface area contributed by atoms with E-state index in [1.54, 1.807) is 19.9 Å². The van der Waals surface area contributed by atoms with Crippen molar-refractivity contribution in [1.29, 1.82) is 0 Å². The number of ether oxygens (including phenoxy) is 2. The predicted octanol–water partition coefficient (Wildman–Crippen LogP) is 1.44. The summed E-state index contributed by atoms with van der Waals surface area (Å²) < 4.78 is 35.1. The average molecular weight is 273 g/mol. The van der Waals surface area contributed by atoms with Gasteiger partial charge in [0.05, 0.1) is 18.6 Å². The largest absolute Gasteiger partial charge is 0.497 e. The highest BCUT2D eigenvalue weighted by molar-refractivity contribution is 7.90. The lowest BCUT2D eigenvalue weighted by Crippen LogP contribution is -2.31. The van der Waals surface area contributed by atoms with Crippen LogP contribution in [0.15, 0.2) is 23.1 Å². The minimum absolute atomic E-state index is 0.0105. The minimum Gasteiger partial charge on any atom is -0.497 e. The second-order valence-corrected chi connectivity index (χ2v) is 5.11. The fraction of sp³-hybridized carbons (Fsp3) is 0.364. The molecule has 0 fully saturated rings. The highest BCUT2D eigenvalue weighted by Gasteiger charge is 2.20. The van der Waals surface area contributed by atoms with Crippen LogP contribution in [-0.2, 0) is 14.8 Å². The highest BCUT2D eigenvalue weighted by Crippen LogP contribution is 2.20. The van der Waals surface area contributed by atoms with E-state index in [0.29, 0.717) is 11.3 Å². The molecule has 1 rings (SSSR count). The second kappa shape index (κ2) is 5.72. The van der Waals surface area contributed by atoms with Crippen molar-refractivity contribution in [2.45, 2.75) is 18.7 Å². The molecular weight excluding hydrogens is 258 g/mol. The number of hydrogen-bond donors (Lipinski definition) is 1. The summed E-state index contributed by atoms with van der Waals surface area (Å²) in [5.41, 5.74) is 0.478. The van der Waals surface area contributed by atoms with Gasteiger partial charge in [0.1, 0.15) is 5.75 Å². The molecule has 0 radical (unpaired) electrons. The molecule has 0 atom stereocenters. The number of methoxy groups -OCH3 is 1. The summed E-state index contributed by atoms with van der Waals surface area (Å²) in [6.07, 6.45) is -0.993. The van der Waals surface area contributed by atoms with Crippen molar-refractivity contribution >= 4 is 16.1 Å². The Morgan fingerprint density at radius 2 is 2.06 bits per heavy atom. The second-order valence-electron chi connectivity index (χ2n) is 3.46. The molecule has 0 aliphatic heterocycles. The molecule has 0 saturated carbocycles. The van der Waals surface area contributed by atoms with Crippen LogP contribution in [-0.4, -0.2) is 28.2 Å². The van der Waals surface area contributed by atoms with E-state index in [1.807, 2.05) is 4.72 Å². The Bertz CT molecular complexity index is 538. The van der Waals surface area contributed by atoms with Crippen molar-refractivity contribution in [3.63, 3.8) is 0 Å². The van der Waals surface area contributed by atoms with E-state index in [-0.39, 0.29) is 11.5 Å². The molecule has 6 nitrogen and oxygen atoms in total. The van der Waals surface area contributed by atoms with Gasteiger partial charge < -0.3 is 9.47 Å². The smallest absolute Gasteiger partial charge is 0.421 e. The molecule has 1 aromatic carbocycles. The summed E-state index contributed by atoms with van der Waals surface area (Å²) in [4.78, 5) is 11.1. The molecule has 0 aromatic heterocycles. The summed E-state index contributed by atoms with van der Waals surface area (Å²) in [6.45, 7) is 3.30. The van der Waals surface area contributed by atoms with Crippen molar-refractivity contribution in [3.8, 4) is 5.75 Å². The van der Waals surface area contributed by atoms with Gasteiger partial charge in [-0.2, -0.15) is 0 Å². The zero-order valence-corrected chi connectivity index (χ0v) is 11.2. The van der Waals surface area contributed by atoms with Crippen LogP contribution in [0.2, 0.25) is 0 Å². The van der Waals surface area contributed by atoms with Crippen LogP contribution in [0, 0.1) is 6.92 Å². The molecule has 18 heavy (non-hydrogen) atoms. The standard InChI is InChI=1S/C11H15NO5S/c1-4-17-11(13)12-18(14,15)10-6-5-9(16-3)7-8(10)2/h5-7H,4H2,1-3H3,(H,12,13). The number of carbonyl (C=O) groups excluding carboxylic acids is 1. The quantitative estimate of drug-likeness (QED) is 0.897. The first-order valence-electron chi connectivity index (χ1n) is 5.25. The summed E-state index contributed by atoms with van der Waals surface area (Å²) in [5, 5.41) is 0. The number of aryl methyl sites for hydroxylation is 1. The number of sulfonamides is 1. The average Bonchev–Trinajstić information content (AvgIpc) is 2.27. The summed E-state index contributed by atoms with van der Waals surface area (Å²) in [7, 11) is -2.43. The first kappa shape index (κ1) is 14.3. The van der Waals surface area contributed by atoms with E-state index in [9.17, 15) is 13.2 Å².